The van der Waals surface area contributed by atoms with Crippen LogP contribution in [0.4, 0.5) is 0 Å². The molecule has 432 valence electrons. The second-order valence-corrected chi connectivity index (χ2v) is 22.2. The highest BCUT2D eigenvalue weighted by molar-refractivity contribution is 5.70. The molecule has 0 heterocycles. The fourth-order valence-corrected chi connectivity index (χ4v) is 9.90. The van der Waals surface area contributed by atoms with E-state index in [9.17, 15) is 14.7 Å². The lowest BCUT2D eigenvalue weighted by atomic mass is 10.0. The lowest BCUT2D eigenvalue weighted by Gasteiger charge is -2.15. The molecule has 0 aliphatic carbocycles. The van der Waals surface area contributed by atoms with Crippen LogP contribution in [0.25, 0.3) is 0 Å². The highest BCUT2D eigenvalue weighted by atomic mass is 16.6. The average molecular weight is 1040 g/mol. The number of esters is 2. The molecular weight excluding hydrogens is 909 g/mol. The van der Waals surface area contributed by atoms with Gasteiger partial charge in [0.2, 0.25) is 0 Å². The zero-order valence-electron chi connectivity index (χ0n) is 49.6. The van der Waals surface area contributed by atoms with Crippen LogP contribution in [0.1, 0.15) is 348 Å². The molecule has 5 nitrogen and oxygen atoms in total. The van der Waals surface area contributed by atoms with E-state index in [1.165, 1.54) is 257 Å². The molecule has 0 bridgehead atoms. The fraction of sp³-hybridized carbons (Fsp3) is 0.826. The average Bonchev–Trinajstić information content (AvgIpc) is 3.40. The van der Waals surface area contributed by atoms with Crippen molar-refractivity contribution in [2.75, 3.05) is 13.2 Å². The molecule has 0 fully saturated rings. The highest BCUT2D eigenvalue weighted by Gasteiger charge is 2.16. The van der Waals surface area contributed by atoms with Gasteiger partial charge in [0, 0.05) is 12.8 Å². The summed E-state index contributed by atoms with van der Waals surface area (Å²) in [6.07, 6.45) is 88.1. The Labute approximate surface area is 461 Å². The highest BCUT2D eigenvalue weighted by Crippen LogP contribution is 2.18. The summed E-state index contributed by atoms with van der Waals surface area (Å²) in [5.74, 6) is -0.574. The predicted molar refractivity (Wildman–Crippen MR) is 325 cm³/mol. The van der Waals surface area contributed by atoms with Gasteiger partial charge in [-0.3, -0.25) is 9.59 Å². The summed E-state index contributed by atoms with van der Waals surface area (Å²) in [6.45, 7) is 4.07. The maximum absolute atomic E-state index is 12.3. The SMILES string of the molecule is CC/C=C\C/C=C\C/C=C\C/C=C\CCCCCCCCCCCCCCCCC(=O)OC(CO)COC(=O)CCCCCCCCCCCCCCCCCCCCCCC/C=C\CCCCCCCCCC. The Morgan fingerprint density at radius 2 is 0.581 bits per heavy atom. The van der Waals surface area contributed by atoms with Gasteiger partial charge in [-0.05, 0) is 77.0 Å². The van der Waals surface area contributed by atoms with Gasteiger partial charge in [-0.25, -0.2) is 0 Å². The van der Waals surface area contributed by atoms with Crippen molar-refractivity contribution in [1.29, 1.82) is 0 Å². The summed E-state index contributed by atoms with van der Waals surface area (Å²) in [5.41, 5.74) is 0. The summed E-state index contributed by atoms with van der Waals surface area (Å²) in [4.78, 5) is 24.6. The number of hydrogen-bond donors (Lipinski definition) is 1. The molecule has 0 aromatic carbocycles. The number of aliphatic hydroxyl groups is 1. The first-order valence-corrected chi connectivity index (χ1v) is 32.8. The quantitative estimate of drug-likeness (QED) is 0.0373. The van der Waals surface area contributed by atoms with Gasteiger partial charge in [-0.2, -0.15) is 0 Å². The van der Waals surface area contributed by atoms with Crippen LogP contribution in [0, 0.1) is 0 Å². The van der Waals surface area contributed by atoms with Gasteiger partial charge in [0.15, 0.2) is 6.10 Å². The molecule has 0 saturated carbocycles. The molecule has 0 amide bonds. The van der Waals surface area contributed by atoms with Gasteiger partial charge in [-0.15, -0.1) is 0 Å². The number of aliphatic hydroxyl groups excluding tert-OH is 1. The summed E-state index contributed by atoms with van der Waals surface area (Å²) in [6, 6.07) is 0. The molecule has 1 atom stereocenters. The topological polar surface area (TPSA) is 72.8 Å². The molecule has 0 aliphatic heterocycles. The van der Waals surface area contributed by atoms with Crippen LogP contribution in [0.15, 0.2) is 60.8 Å². The van der Waals surface area contributed by atoms with E-state index in [4.69, 9.17) is 9.47 Å². The molecule has 0 saturated heterocycles. The van der Waals surface area contributed by atoms with E-state index in [1.807, 2.05) is 0 Å². The van der Waals surface area contributed by atoms with Crippen LogP contribution in [0.2, 0.25) is 0 Å². The lowest BCUT2D eigenvalue weighted by molar-refractivity contribution is -0.161. The van der Waals surface area contributed by atoms with Gasteiger partial charge in [0.25, 0.3) is 0 Å². The third-order valence-electron chi connectivity index (χ3n) is 14.8. The molecule has 1 N–H and O–H groups in total. The Bertz CT molecular complexity index is 1260. The maximum atomic E-state index is 12.3. The first-order valence-electron chi connectivity index (χ1n) is 32.8. The number of ether oxygens (including phenoxy) is 2. The number of unbranched alkanes of at least 4 members (excludes halogenated alkanes) is 43. The minimum atomic E-state index is -0.773. The smallest absolute Gasteiger partial charge is 0.306 e. The van der Waals surface area contributed by atoms with Gasteiger partial charge in [0.1, 0.15) is 6.61 Å². The van der Waals surface area contributed by atoms with E-state index in [0.717, 1.165) is 64.2 Å². The molecule has 0 aliphatic rings. The maximum Gasteiger partial charge on any atom is 0.306 e. The van der Waals surface area contributed by atoms with Crippen molar-refractivity contribution in [2.45, 2.75) is 354 Å². The molecule has 0 rings (SSSR count). The second kappa shape index (κ2) is 64.9. The third-order valence-corrected chi connectivity index (χ3v) is 14.8. The summed E-state index contributed by atoms with van der Waals surface area (Å²) in [7, 11) is 0. The number of rotatable bonds is 61. The Morgan fingerprint density at radius 3 is 0.892 bits per heavy atom. The van der Waals surface area contributed by atoms with Crippen molar-refractivity contribution in [3.8, 4) is 0 Å². The number of carbonyl (C=O) groups excluding carboxylic acids is 2. The van der Waals surface area contributed by atoms with Gasteiger partial charge in [-0.1, -0.05) is 319 Å². The van der Waals surface area contributed by atoms with E-state index in [-0.39, 0.29) is 25.2 Å². The van der Waals surface area contributed by atoms with Gasteiger partial charge in [0.05, 0.1) is 6.61 Å². The normalized spacial score (nSPS) is 12.5. The van der Waals surface area contributed by atoms with E-state index in [1.54, 1.807) is 0 Å². The second-order valence-electron chi connectivity index (χ2n) is 22.2. The first kappa shape index (κ1) is 71.6. The van der Waals surface area contributed by atoms with E-state index >= 15 is 0 Å². The zero-order valence-corrected chi connectivity index (χ0v) is 49.6. The lowest BCUT2D eigenvalue weighted by Crippen LogP contribution is -2.28. The van der Waals surface area contributed by atoms with Crippen molar-refractivity contribution in [3.63, 3.8) is 0 Å². The Hall–Kier alpha value is -2.40. The van der Waals surface area contributed by atoms with Crippen LogP contribution in [0.5, 0.6) is 0 Å². The fourth-order valence-electron chi connectivity index (χ4n) is 9.90. The summed E-state index contributed by atoms with van der Waals surface area (Å²) >= 11 is 0. The molecule has 0 spiro atoms. The van der Waals surface area contributed by atoms with Crippen molar-refractivity contribution in [1.82, 2.24) is 0 Å². The standard InChI is InChI=1S/C69H126O5/c1-3-5-7-9-11-13-15-17-19-21-23-25-27-29-31-32-33-34-35-36-38-39-41-43-45-47-49-51-53-55-57-59-61-63-68(71)73-66-67(65-70)74-69(72)64-62-60-58-56-54-52-50-48-46-44-42-40-37-30-28-26-24-22-20-18-16-14-12-10-8-6-4-2/h6,8,12,14,18,20-21,23-24,26,67,70H,3-5,7,9-11,13,15-17,19,22,25,27-66H2,1-2H3/b8-6-,14-12-,20-18-,23-21-,26-24-. The monoisotopic (exact) mass is 1030 g/mol. The molecule has 0 aromatic heterocycles. The van der Waals surface area contributed by atoms with E-state index < -0.39 is 6.10 Å². The molecule has 0 radical (unpaired) electrons. The summed E-state index contributed by atoms with van der Waals surface area (Å²) in [5, 5.41) is 9.69. The van der Waals surface area contributed by atoms with Crippen molar-refractivity contribution in [2.24, 2.45) is 0 Å². The van der Waals surface area contributed by atoms with Crippen molar-refractivity contribution in [3.05, 3.63) is 60.8 Å². The Morgan fingerprint density at radius 1 is 0.324 bits per heavy atom. The number of allylic oxidation sites excluding steroid dienone is 10. The minimum Gasteiger partial charge on any atom is -0.462 e. The Kier molecular flexibility index (Phi) is 62.8. The van der Waals surface area contributed by atoms with E-state index in [0.29, 0.717) is 12.8 Å². The molecule has 74 heavy (non-hydrogen) atoms. The van der Waals surface area contributed by atoms with E-state index in [2.05, 4.69) is 74.6 Å². The van der Waals surface area contributed by atoms with Crippen molar-refractivity contribution >= 4 is 11.9 Å². The van der Waals surface area contributed by atoms with Crippen molar-refractivity contribution < 1.29 is 24.2 Å². The molecule has 5 heteroatoms. The molecule has 0 aromatic rings. The largest absolute Gasteiger partial charge is 0.462 e. The van der Waals surface area contributed by atoms with Crippen LogP contribution >= 0.6 is 0 Å². The summed E-state index contributed by atoms with van der Waals surface area (Å²) < 4.78 is 10.8. The first-order chi connectivity index (χ1) is 36.6. The number of carbonyl (C=O) groups is 2. The number of hydrogen-bond acceptors (Lipinski definition) is 5. The van der Waals surface area contributed by atoms with Gasteiger partial charge >= 0.3 is 11.9 Å². The molecular formula is C69H126O5. The van der Waals surface area contributed by atoms with Crippen LogP contribution in [-0.2, 0) is 19.1 Å². The minimum absolute atomic E-state index is 0.0629. The zero-order chi connectivity index (χ0) is 53.4. The van der Waals surface area contributed by atoms with Crippen LogP contribution in [-0.4, -0.2) is 36.4 Å². The van der Waals surface area contributed by atoms with Gasteiger partial charge < -0.3 is 14.6 Å². The predicted octanol–water partition coefficient (Wildman–Crippen LogP) is 22.5. The van der Waals surface area contributed by atoms with Crippen LogP contribution in [0.3, 0.4) is 0 Å². The molecule has 1 unspecified atom stereocenters. The van der Waals surface area contributed by atoms with Crippen LogP contribution < -0.4 is 0 Å². The third kappa shape index (κ3) is 62.1. The Balaban J connectivity index is 3.41.